The van der Waals surface area contributed by atoms with Crippen LogP contribution in [-0.4, -0.2) is 22.5 Å². The van der Waals surface area contributed by atoms with Crippen LogP contribution in [0.1, 0.15) is 26.7 Å². The van der Waals surface area contributed by atoms with Crippen molar-refractivity contribution in [1.29, 1.82) is 5.26 Å². The van der Waals surface area contributed by atoms with Gasteiger partial charge in [-0.1, -0.05) is 13.3 Å². The Kier molecular flexibility index (Phi) is 3.64. The Morgan fingerprint density at radius 2 is 2.33 bits per heavy atom. The van der Waals surface area contributed by atoms with E-state index in [0.717, 1.165) is 12.8 Å². The van der Waals surface area contributed by atoms with Gasteiger partial charge in [0, 0.05) is 6.08 Å². The van der Waals surface area contributed by atoms with Crippen LogP contribution in [-0.2, 0) is 0 Å². The van der Waals surface area contributed by atoms with Crippen molar-refractivity contribution >= 4 is 0 Å². The third kappa shape index (κ3) is 2.45. The van der Waals surface area contributed by atoms with Gasteiger partial charge in [-0.25, -0.2) is 0 Å². The zero-order valence-corrected chi connectivity index (χ0v) is 9.10. The van der Waals surface area contributed by atoms with E-state index in [1.165, 1.54) is 12.3 Å². The van der Waals surface area contributed by atoms with Gasteiger partial charge in [0.1, 0.15) is 17.8 Å². The molecule has 1 aliphatic rings. The second kappa shape index (κ2) is 4.58. The first-order valence-electron chi connectivity index (χ1n) is 5.11. The Bertz CT molecular complexity index is 341. The highest BCUT2D eigenvalue weighted by Gasteiger charge is 2.28. The van der Waals surface area contributed by atoms with Crippen LogP contribution in [0.5, 0.6) is 0 Å². The molecule has 82 valence electrons. The van der Waals surface area contributed by atoms with Crippen molar-refractivity contribution in [1.82, 2.24) is 0 Å². The molecular formula is C11H16N2O2. The highest BCUT2D eigenvalue weighted by Crippen LogP contribution is 2.25. The molecule has 2 unspecified atom stereocenters. The Hall–Kier alpha value is -1.15. The molecule has 0 saturated carbocycles. The molecule has 4 heteroatoms. The third-order valence-corrected chi connectivity index (χ3v) is 2.60. The second-order valence-electron chi connectivity index (χ2n) is 3.85. The Balaban J connectivity index is 2.92. The van der Waals surface area contributed by atoms with Gasteiger partial charge in [-0.15, -0.1) is 0 Å². The summed E-state index contributed by atoms with van der Waals surface area (Å²) >= 11 is 0. The molecule has 0 aliphatic carbocycles. The van der Waals surface area contributed by atoms with Crippen molar-refractivity contribution in [2.45, 2.75) is 32.9 Å². The van der Waals surface area contributed by atoms with Crippen LogP contribution in [0, 0.1) is 16.5 Å². The number of unbranched alkanes of at least 4 members (excludes halogenated alkanes) is 1. The summed E-state index contributed by atoms with van der Waals surface area (Å²) in [5.74, 6) is 0. The molecule has 4 nitrogen and oxygen atoms in total. The van der Waals surface area contributed by atoms with Crippen LogP contribution in [0.25, 0.3) is 0 Å². The molecular weight excluding hydrogens is 192 g/mol. The van der Waals surface area contributed by atoms with Crippen molar-refractivity contribution < 1.29 is 9.75 Å². The number of nitrogens with zero attached hydrogens (tertiary/aromatic N) is 2. The van der Waals surface area contributed by atoms with Gasteiger partial charge >= 0.3 is 0 Å². The molecule has 0 bridgehead atoms. The SMILES string of the molecule is CCCC[N+]1([O-])C=C(C#N)C(C)=CC1O. The fourth-order valence-corrected chi connectivity index (χ4v) is 1.56. The van der Waals surface area contributed by atoms with Crippen LogP contribution in [0.4, 0.5) is 0 Å². The molecule has 0 aromatic rings. The maximum absolute atomic E-state index is 12.1. The number of rotatable bonds is 3. The molecule has 1 heterocycles. The smallest absolute Gasteiger partial charge is 0.215 e. The van der Waals surface area contributed by atoms with Gasteiger partial charge < -0.3 is 15.0 Å². The largest absolute Gasteiger partial charge is 0.626 e. The van der Waals surface area contributed by atoms with Crippen LogP contribution in [0.3, 0.4) is 0 Å². The summed E-state index contributed by atoms with van der Waals surface area (Å²) in [6.07, 6.45) is 3.33. The summed E-state index contributed by atoms with van der Waals surface area (Å²) in [6.45, 7) is 4.02. The number of aliphatic hydroxyl groups is 1. The molecule has 1 N–H and O–H groups in total. The predicted octanol–water partition coefficient (Wildman–Crippen LogP) is 1.79. The molecule has 0 amide bonds. The third-order valence-electron chi connectivity index (χ3n) is 2.60. The number of quaternary nitrogens is 1. The maximum atomic E-state index is 12.1. The van der Waals surface area contributed by atoms with E-state index in [1.54, 1.807) is 6.92 Å². The van der Waals surface area contributed by atoms with E-state index in [4.69, 9.17) is 5.26 Å². The molecule has 0 fully saturated rings. The molecule has 0 aromatic heterocycles. The Morgan fingerprint density at radius 1 is 1.67 bits per heavy atom. The van der Waals surface area contributed by atoms with Crippen molar-refractivity contribution in [3.63, 3.8) is 0 Å². The zero-order chi connectivity index (χ0) is 11.5. The lowest BCUT2D eigenvalue weighted by Gasteiger charge is -2.43. The molecule has 0 spiro atoms. The highest BCUT2D eigenvalue weighted by molar-refractivity contribution is 5.41. The number of nitriles is 1. The average Bonchev–Trinajstić information content (AvgIpc) is 2.21. The van der Waals surface area contributed by atoms with Gasteiger partial charge in [-0.2, -0.15) is 5.26 Å². The number of hydroxylamine groups is 3. The summed E-state index contributed by atoms with van der Waals surface area (Å²) in [6, 6.07) is 1.97. The normalized spacial score (nSPS) is 30.5. The molecule has 2 atom stereocenters. The zero-order valence-electron chi connectivity index (χ0n) is 9.10. The van der Waals surface area contributed by atoms with E-state index in [2.05, 4.69) is 0 Å². The molecule has 1 aliphatic heterocycles. The monoisotopic (exact) mass is 208 g/mol. The van der Waals surface area contributed by atoms with Gasteiger partial charge in [0.2, 0.25) is 6.23 Å². The van der Waals surface area contributed by atoms with Crippen LogP contribution < -0.4 is 0 Å². The van der Waals surface area contributed by atoms with Crippen molar-refractivity contribution in [2.75, 3.05) is 6.54 Å². The summed E-state index contributed by atoms with van der Waals surface area (Å²) < 4.78 is -0.825. The summed E-state index contributed by atoms with van der Waals surface area (Å²) in [4.78, 5) is 0. The number of hydrogen-bond donors (Lipinski definition) is 1. The van der Waals surface area contributed by atoms with Crippen LogP contribution >= 0.6 is 0 Å². The van der Waals surface area contributed by atoms with Crippen molar-refractivity contribution in [2.24, 2.45) is 0 Å². The maximum Gasteiger partial charge on any atom is 0.215 e. The fraction of sp³-hybridized carbons (Fsp3) is 0.545. The first-order valence-corrected chi connectivity index (χ1v) is 5.11. The molecule has 1 rings (SSSR count). The standard InChI is InChI=1S/C11H16N2O2/c1-3-4-5-13(15)8-10(7-12)9(2)6-11(13)14/h6,8,11,14H,3-5H2,1-2H3. The summed E-state index contributed by atoms with van der Waals surface area (Å²) in [5, 5.41) is 30.6. The van der Waals surface area contributed by atoms with Crippen molar-refractivity contribution in [3.05, 3.63) is 28.6 Å². The summed E-state index contributed by atoms with van der Waals surface area (Å²) in [5.41, 5.74) is 1.04. The van der Waals surface area contributed by atoms with Crippen molar-refractivity contribution in [3.8, 4) is 6.07 Å². The topological polar surface area (TPSA) is 67.1 Å². The minimum absolute atomic E-state index is 0.312. The van der Waals surface area contributed by atoms with E-state index in [0.29, 0.717) is 17.7 Å². The lowest BCUT2D eigenvalue weighted by Crippen LogP contribution is -2.47. The van der Waals surface area contributed by atoms with E-state index >= 15 is 0 Å². The molecule has 15 heavy (non-hydrogen) atoms. The lowest BCUT2D eigenvalue weighted by molar-refractivity contribution is -0.873. The second-order valence-corrected chi connectivity index (χ2v) is 3.85. The highest BCUT2D eigenvalue weighted by atomic mass is 16.6. The molecule has 0 radical (unpaired) electrons. The van der Waals surface area contributed by atoms with Gasteiger partial charge in [0.05, 0.1) is 6.54 Å². The Labute approximate surface area is 89.9 Å². The van der Waals surface area contributed by atoms with Gasteiger partial charge in [-0.05, 0) is 18.9 Å². The predicted molar refractivity (Wildman–Crippen MR) is 56.9 cm³/mol. The summed E-state index contributed by atoms with van der Waals surface area (Å²) in [7, 11) is 0. The first kappa shape index (κ1) is 11.9. The van der Waals surface area contributed by atoms with Gasteiger partial charge in [-0.3, -0.25) is 0 Å². The number of aliphatic hydroxyl groups excluding tert-OH is 1. The fourth-order valence-electron chi connectivity index (χ4n) is 1.56. The van der Waals surface area contributed by atoms with Crippen LogP contribution in [0.15, 0.2) is 23.4 Å². The van der Waals surface area contributed by atoms with Crippen LogP contribution in [0.2, 0.25) is 0 Å². The van der Waals surface area contributed by atoms with E-state index in [-0.39, 0.29) is 0 Å². The molecule has 0 saturated heterocycles. The Morgan fingerprint density at radius 3 is 2.87 bits per heavy atom. The van der Waals surface area contributed by atoms with Gasteiger partial charge in [0.15, 0.2) is 0 Å². The average molecular weight is 208 g/mol. The number of allylic oxidation sites excluding steroid dienone is 2. The minimum atomic E-state index is -1.08. The minimum Gasteiger partial charge on any atom is -0.626 e. The number of hydrogen-bond acceptors (Lipinski definition) is 3. The van der Waals surface area contributed by atoms with E-state index in [9.17, 15) is 10.3 Å². The quantitative estimate of drug-likeness (QED) is 0.568. The molecule has 0 aromatic carbocycles. The van der Waals surface area contributed by atoms with Gasteiger partial charge in [0.25, 0.3) is 0 Å². The van der Waals surface area contributed by atoms with E-state index < -0.39 is 10.9 Å². The first-order chi connectivity index (χ1) is 7.03. The lowest BCUT2D eigenvalue weighted by atomic mass is 10.1. The van der Waals surface area contributed by atoms with E-state index in [1.807, 2.05) is 13.0 Å².